The average molecular weight is 393 g/mol. The van der Waals surface area contributed by atoms with Crippen molar-refractivity contribution >= 4 is 52.2 Å². The van der Waals surface area contributed by atoms with Crippen LogP contribution < -0.4 is 5.32 Å². The van der Waals surface area contributed by atoms with Crippen LogP contribution in [0.4, 0.5) is 0 Å². The second kappa shape index (κ2) is 8.95. The standard InChI is InChI=1S/C18H20N2O4S2/c1-3-4-13(17(23)24)19-15(21)10-20-16(22)14(26-18(20)25)9-12-7-5-11(2)6-8-12/h5-9,13H,3-4,10H2,1-2H3,(H,19,21)(H,23,24)/b14-9-. The van der Waals surface area contributed by atoms with Gasteiger partial charge in [-0.1, -0.05) is 67.2 Å². The first-order valence-corrected chi connectivity index (χ1v) is 9.38. The number of carboxylic acid groups (broad SMARTS) is 1. The zero-order valence-electron chi connectivity index (χ0n) is 14.5. The quantitative estimate of drug-likeness (QED) is 0.548. The summed E-state index contributed by atoms with van der Waals surface area (Å²) in [5.74, 6) is -1.98. The number of nitrogens with one attached hydrogen (secondary N) is 1. The van der Waals surface area contributed by atoms with Crippen molar-refractivity contribution in [1.29, 1.82) is 0 Å². The van der Waals surface area contributed by atoms with Crippen LogP contribution in [0.2, 0.25) is 0 Å². The van der Waals surface area contributed by atoms with E-state index in [0.29, 0.717) is 17.7 Å². The lowest BCUT2D eigenvalue weighted by Crippen LogP contribution is -2.46. The molecule has 8 heteroatoms. The Morgan fingerprint density at radius 3 is 2.58 bits per heavy atom. The molecule has 6 nitrogen and oxygen atoms in total. The van der Waals surface area contributed by atoms with Gasteiger partial charge in [-0.25, -0.2) is 4.79 Å². The zero-order valence-corrected chi connectivity index (χ0v) is 16.2. The highest BCUT2D eigenvalue weighted by Crippen LogP contribution is 2.32. The molecule has 1 fully saturated rings. The molecule has 26 heavy (non-hydrogen) atoms. The SMILES string of the molecule is CCCC(NC(=O)CN1C(=O)/C(=C/c2ccc(C)cc2)SC1=S)C(=O)O. The summed E-state index contributed by atoms with van der Waals surface area (Å²) in [6.07, 6.45) is 2.68. The second-order valence-corrected chi connectivity index (χ2v) is 7.60. The molecule has 2 amide bonds. The summed E-state index contributed by atoms with van der Waals surface area (Å²) in [4.78, 5) is 37.4. The number of amides is 2. The number of hydrogen-bond acceptors (Lipinski definition) is 5. The molecule has 1 unspecified atom stereocenters. The second-order valence-electron chi connectivity index (χ2n) is 5.93. The topological polar surface area (TPSA) is 86.7 Å². The van der Waals surface area contributed by atoms with Crippen molar-refractivity contribution in [3.05, 3.63) is 40.3 Å². The van der Waals surface area contributed by atoms with E-state index in [4.69, 9.17) is 17.3 Å². The summed E-state index contributed by atoms with van der Waals surface area (Å²) in [5, 5.41) is 11.5. The third-order valence-electron chi connectivity index (χ3n) is 3.76. The lowest BCUT2D eigenvalue weighted by atomic mass is 10.1. The average Bonchev–Trinajstić information content (AvgIpc) is 2.84. The fourth-order valence-corrected chi connectivity index (χ4v) is 3.64. The van der Waals surface area contributed by atoms with Crippen molar-refractivity contribution in [3.8, 4) is 0 Å². The highest BCUT2D eigenvalue weighted by atomic mass is 32.2. The third kappa shape index (κ3) is 5.15. The number of thiocarbonyl (C=S) groups is 1. The zero-order chi connectivity index (χ0) is 19.3. The number of nitrogens with zero attached hydrogens (tertiary/aromatic N) is 1. The van der Waals surface area contributed by atoms with E-state index >= 15 is 0 Å². The van der Waals surface area contributed by atoms with Crippen molar-refractivity contribution in [2.24, 2.45) is 0 Å². The molecule has 2 N–H and O–H groups in total. The van der Waals surface area contributed by atoms with Crippen LogP contribution >= 0.6 is 24.0 Å². The van der Waals surface area contributed by atoms with Gasteiger partial charge in [-0.15, -0.1) is 0 Å². The van der Waals surface area contributed by atoms with Gasteiger partial charge in [0.2, 0.25) is 5.91 Å². The largest absolute Gasteiger partial charge is 0.480 e. The van der Waals surface area contributed by atoms with Crippen molar-refractivity contribution in [2.75, 3.05) is 6.54 Å². The number of carbonyl (C=O) groups is 3. The molecule has 2 rings (SSSR count). The van der Waals surface area contributed by atoms with Gasteiger partial charge in [-0.2, -0.15) is 0 Å². The smallest absolute Gasteiger partial charge is 0.326 e. The van der Waals surface area contributed by atoms with Gasteiger partial charge in [0.25, 0.3) is 5.91 Å². The van der Waals surface area contributed by atoms with Gasteiger partial charge in [-0.3, -0.25) is 14.5 Å². The number of aryl methyl sites for hydroxylation is 1. The maximum absolute atomic E-state index is 12.5. The number of carbonyl (C=O) groups excluding carboxylic acids is 2. The van der Waals surface area contributed by atoms with Gasteiger partial charge in [0.15, 0.2) is 0 Å². The normalized spacial score (nSPS) is 16.8. The Hall–Kier alpha value is -2.19. The minimum atomic E-state index is -1.09. The Labute approximate surface area is 161 Å². The van der Waals surface area contributed by atoms with Gasteiger partial charge in [-0.05, 0) is 25.0 Å². The number of aliphatic carboxylic acids is 1. The van der Waals surface area contributed by atoms with Gasteiger partial charge in [0.1, 0.15) is 16.9 Å². The van der Waals surface area contributed by atoms with Crippen molar-refractivity contribution in [1.82, 2.24) is 10.2 Å². The van der Waals surface area contributed by atoms with Crippen LogP contribution in [0.25, 0.3) is 6.08 Å². The third-order valence-corrected chi connectivity index (χ3v) is 5.14. The number of benzene rings is 1. The van der Waals surface area contributed by atoms with E-state index in [-0.39, 0.29) is 16.8 Å². The molecule has 1 atom stereocenters. The molecule has 138 valence electrons. The molecule has 0 spiro atoms. The molecular weight excluding hydrogens is 372 g/mol. The first-order chi connectivity index (χ1) is 12.3. The Morgan fingerprint density at radius 2 is 2.00 bits per heavy atom. The van der Waals surface area contributed by atoms with Crippen LogP contribution in [0.1, 0.15) is 30.9 Å². The van der Waals surface area contributed by atoms with Crippen LogP contribution in [0, 0.1) is 6.92 Å². The lowest BCUT2D eigenvalue weighted by Gasteiger charge is -2.17. The number of hydrogen-bond donors (Lipinski definition) is 2. The monoisotopic (exact) mass is 392 g/mol. The highest BCUT2D eigenvalue weighted by Gasteiger charge is 2.34. The Balaban J connectivity index is 2.05. The predicted molar refractivity (Wildman–Crippen MR) is 106 cm³/mol. The fraction of sp³-hybridized carbons (Fsp3) is 0.333. The van der Waals surface area contributed by atoms with Gasteiger partial charge >= 0.3 is 5.97 Å². The Bertz CT molecular complexity index is 759. The number of carboxylic acids is 1. The maximum atomic E-state index is 12.5. The molecule has 0 aliphatic carbocycles. The van der Waals surface area contributed by atoms with E-state index in [1.165, 1.54) is 4.90 Å². The van der Waals surface area contributed by atoms with Crippen LogP contribution in [0.3, 0.4) is 0 Å². The molecular formula is C18H20N2O4S2. The van der Waals surface area contributed by atoms with Gasteiger partial charge < -0.3 is 10.4 Å². The van der Waals surface area contributed by atoms with Gasteiger partial charge in [0.05, 0.1) is 4.91 Å². The van der Waals surface area contributed by atoms with Crippen LogP contribution in [0.15, 0.2) is 29.2 Å². The van der Waals surface area contributed by atoms with Crippen molar-refractivity contribution < 1.29 is 19.5 Å². The Morgan fingerprint density at radius 1 is 1.35 bits per heavy atom. The number of thioether (sulfide) groups is 1. The van der Waals surface area contributed by atoms with E-state index in [1.807, 2.05) is 38.1 Å². The van der Waals surface area contributed by atoms with Crippen LogP contribution in [0.5, 0.6) is 0 Å². The summed E-state index contributed by atoms with van der Waals surface area (Å²) < 4.78 is 0.283. The minimum Gasteiger partial charge on any atom is -0.480 e. The molecule has 1 aromatic carbocycles. The van der Waals surface area contributed by atoms with Crippen LogP contribution in [-0.4, -0.2) is 44.7 Å². The van der Waals surface area contributed by atoms with E-state index in [0.717, 1.165) is 22.9 Å². The minimum absolute atomic E-state index is 0.283. The fourth-order valence-electron chi connectivity index (χ4n) is 2.38. The number of rotatable bonds is 7. The molecule has 0 saturated carbocycles. The molecule has 1 saturated heterocycles. The van der Waals surface area contributed by atoms with E-state index in [1.54, 1.807) is 6.08 Å². The molecule has 0 aromatic heterocycles. The molecule has 0 bridgehead atoms. The molecule has 1 aliphatic heterocycles. The molecule has 0 radical (unpaired) electrons. The van der Waals surface area contributed by atoms with Crippen molar-refractivity contribution in [3.63, 3.8) is 0 Å². The Kier molecular flexibility index (Phi) is 6.93. The van der Waals surface area contributed by atoms with E-state index in [9.17, 15) is 14.4 Å². The molecule has 1 aliphatic rings. The first kappa shape index (κ1) is 20.1. The van der Waals surface area contributed by atoms with Crippen LogP contribution in [-0.2, 0) is 14.4 Å². The molecule has 1 aromatic rings. The van der Waals surface area contributed by atoms with E-state index in [2.05, 4.69) is 5.32 Å². The van der Waals surface area contributed by atoms with E-state index < -0.39 is 17.9 Å². The maximum Gasteiger partial charge on any atom is 0.326 e. The summed E-state index contributed by atoms with van der Waals surface area (Å²) in [6.45, 7) is 3.52. The summed E-state index contributed by atoms with van der Waals surface area (Å²) in [5.41, 5.74) is 1.99. The summed E-state index contributed by atoms with van der Waals surface area (Å²) in [6, 6.07) is 6.72. The molecule has 1 heterocycles. The van der Waals surface area contributed by atoms with Crippen molar-refractivity contribution in [2.45, 2.75) is 32.7 Å². The van der Waals surface area contributed by atoms with Gasteiger partial charge in [0, 0.05) is 0 Å². The summed E-state index contributed by atoms with van der Waals surface area (Å²) >= 11 is 6.33. The predicted octanol–water partition coefficient (Wildman–Crippen LogP) is 2.57. The highest BCUT2D eigenvalue weighted by molar-refractivity contribution is 8.26. The lowest BCUT2D eigenvalue weighted by molar-refractivity contribution is -0.142. The summed E-state index contributed by atoms with van der Waals surface area (Å²) in [7, 11) is 0. The first-order valence-electron chi connectivity index (χ1n) is 8.16.